The molecule has 3 heterocycles. The van der Waals surface area contributed by atoms with E-state index in [0.717, 1.165) is 21.5 Å². The van der Waals surface area contributed by atoms with Gasteiger partial charge in [-0.15, -0.1) is 11.3 Å². The molecule has 0 radical (unpaired) electrons. The Morgan fingerprint density at radius 1 is 1.23 bits per heavy atom. The van der Waals surface area contributed by atoms with Crippen LogP contribution in [0.2, 0.25) is 10.0 Å². The fourth-order valence-electron chi connectivity index (χ4n) is 3.78. The molecule has 2 aromatic heterocycles. The normalized spacial score (nSPS) is 15.0. The lowest BCUT2D eigenvalue weighted by molar-refractivity contribution is -0.146. The monoisotopic (exact) mass is 465 g/mol. The van der Waals surface area contributed by atoms with E-state index in [4.69, 9.17) is 27.9 Å². The predicted octanol–water partition coefficient (Wildman–Crippen LogP) is 4.79. The lowest BCUT2D eigenvalue weighted by Gasteiger charge is -2.30. The highest BCUT2D eigenvalue weighted by Crippen LogP contribution is 2.32. The molecule has 158 valence electrons. The van der Waals surface area contributed by atoms with E-state index in [1.54, 1.807) is 12.1 Å². The van der Waals surface area contributed by atoms with E-state index < -0.39 is 0 Å². The summed E-state index contributed by atoms with van der Waals surface area (Å²) in [5, 5.41) is 6.77. The van der Waals surface area contributed by atoms with Crippen LogP contribution in [0.25, 0.3) is 10.2 Å². The van der Waals surface area contributed by atoms with Gasteiger partial charge in [-0.3, -0.25) is 14.3 Å². The van der Waals surface area contributed by atoms with Crippen LogP contribution in [-0.4, -0.2) is 46.8 Å². The molecule has 30 heavy (non-hydrogen) atoms. The number of carbonyl (C=O) groups is 2. The fourth-order valence-corrected chi connectivity index (χ4v) is 5.37. The van der Waals surface area contributed by atoms with Crippen molar-refractivity contribution in [3.8, 4) is 0 Å². The number of thiophene rings is 1. The highest BCUT2D eigenvalue weighted by molar-refractivity contribution is 7.20. The molecular formula is C21H21Cl2N3O3S. The summed E-state index contributed by atoms with van der Waals surface area (Å²) >= 11 is 13.8. The molecule has 0 saturated carbocycles. The Balaban J connectivity index is 1.54. The van der Waals surface area contributed by atoms with Crippen molar-refractivity contribution >= 4 is 56.6 Å². The van der Waals surface area contributed by atoms with Gasteiger partial charge < -0.3 is 9.64 Å². The minimum Gasteiger partial charge on any atom is -0.469 e. The maximum Gasteiger partial charge on any atom is 0.308 e. The summed E-state index contributed by atoms with van der Waals surface area (Å²) in [4.78, 5) is 28.2. The number of aromatic nitrogens is 2. The second-order valence-electron chi connectivity index (χ2n) is 7.40. The highest BCUT2D eigenvalue weighted by atomic mass is 35.5. The fraction of sp³-hybridized carbons (Fsp3) is 0.381. The maximum atomic E-state index is 13.0. The Labute approximate surface area is 188 Å². The third-order valence-electron chi connectivity index (χ3n) is 5.47. The first-order valence-corrected chi connectivity index (χ1v) is 11.2. The van der Waals surface area contributed by atoms with Crippen molar-refractivity contribution in [2.24, 2.45) is 5.92 Å². The van der Waals surface area contributed by atoms with Gasteiger partial charge in [0.05, 0.1) is 30.1 Å². The van der Waals surface area contributed by atoms with E-state index in [2.05, 4.69) is 5.10 Å². The minimum absolute atomic E-state index is 0.00464. The summed E-state index contributed by atoms with van der Waals surface area (Å²) in [7, 11) is 1.40. The van der Waals surface area contributed by atoms with E-state index in [1.807, 2.05) is 28.6 Å². The molecule has 0 N–H and O–H groups in total. The maximum absolute atomic E-state index is 13.0. The van der Waals surface area contributed by atoms with Crippen molar-refractivity contribution < 1.29 is 14.3 Å². The number of hydrogen-bond acceptors (Lipinski definition) is 5. The van der Waals surface area contributed by atoms with Crippen molar-refractivity contribution in [2.75, 3.05) is 20.2 Å². The van der Waals surface area contributed by atoms with Crippen LogP contribution in [0.15, 0.2) is 24.3 Å². The summed E-state index contributed by atoms with van der Waals surface area (Å²) < 4.78 is 6.70. The first-order chi connectivity index (χ1) is 14.4. The van der Waals surface area contributed by atoms with Crippen LogP contribution >= 0.6 is 34.5 Å². The first-order valence-electron chi connectivity index (χ1n) is 9.65. The third-order valence-corrected chi connectivity index (χ3v) is 7.19. The number of carbonyl (C=O) groups excluding carboxylic acids is 2. The Morgan fingerprint density at radius 2 is 1.97 bits per heavy atom. The van der Waals surface area contributed by atoms with Gasteiger partial charge in [-0.05, 0) is 43.5 Å². The number of rotatable bonds is 4. The molecule has 0 atom stereocenters. The average Bonchev–Trinajstić information content (AvgIpc) is 3.30. The number of fused-ring (bicyclic) bond motifs is 1. The topological polar surface area (TPSA) is 64.4 Å². The minimum atomic E-state index is -0.194. The predicted molar refractivity (Wildman–Crippen MR) is 119 cm³/mol. The van der Waals surface area contributed by atoms with Crippen LogP contribution in [0.4, 0.5) is 0 Å². The number of aryl methyl sites for hydroxylation is 1. The summed E-state index contributed by atoms with van der Waals surface area (Å²) in [6, 6.07) is 7.32. The molecule has 1 amide bonds. The summed E-state index contributed by atoms with van der Waals surface area (Å²) in [6.45, 7) is 3.54. The van der Waals surface area contributed by atoms with Crippen molar-refractivity contribution in [3.63, 3.8) is 0 Å². The lowest BCUT2D eigenvalue weighted by atomic mass is 9.97. The molecule has 1 aromatic carbocycles. The Kier molecular flexibility index (Phi) is 6.04. The molecule has 1 saturated heterocycles. The van der Waals surface area contributed by atoms with Gasteiger partial charge in [-0.1, -0.05) is 29.3 Å². The Hall–Kier alpha value is -2.09. The highest BCUT2D eigenvalue weighted by Gasteiger charge is 2.29. The smallest absolute Gasteiger partial charge is 0.308 e. The molecule has 6 nitrogen and oxygen atoms in total. The number of likely N-dealkylation sites (tertiary alicyclic amines) is 1. The third kappa shape index (κ3) is 4.06. The molecule has 4 rings (SSSR count). The van der Waals surface area contributed by atoms with E-state index >= 15 is 0 Å². The van der Waals surface area contributed by atoms with Gasteiger partial charge in [0, 0.05) is 28.5 Å². The number of amides is 1. The molecule has 3 aromatic rings. The summed E-state index contributed by atoms with van der Waals surface area (Å²) in [6.07, 6.45) is 1.26. The number of nitrogens with zero attached hydrogens (tertiary/aromatic N) is 3. The number of hydrogen-bond donors (Lipinski definition) is 0. The summed E-state index contributed by atoms with van der Waals surface area (Å²) in [5.41, 5.74) is 1.78. The molecule has 0 bridgehead atoms. The molecule has 0 unspecified atom stereocenters. The van der Waals surface area contributed by atoms with Gasteiger partial charge in [-0.25, -0.2) is 0 Å². The van der Waals surface area contributed by atoms with Crippen LogP contribution in [0.5, 0.6) is 0 Å². The van der Waals surface area contributed by atoms with Gasteiger partial charge in [0.2, 0.25) is 0 Å². The summed E-state index contributed by atoms with van der Waals surface area (Å²) in [5.74, 6) is -0.322. The molecular weight excluding hydrogens is 445 g/mol. The number of ether oxygens (including phenoxy) is 1. The molecule has 9 heteroatoms. The van der Waals surface area contributed by atoms with Gasteiger partial charge in [-0.2, -0.15) is 5.10 Å². The molecule has 1 aliphatic rings. The Morgan fingerprint density at radius 3 is 2.63 bits per heavy atom. The lowest BCUT2D eigenvalue weighted by Crippen LogP contribution is -2.40. The average molecular weight is 466 g/mol. The number of piperidine rings is 1. The van der Waals surface area contributed by atoms with Crippen LogP contribution < -0.4 is 0 Å². The SMILES string of the molecule is COC(=O)C1CCN(C(=O)c2cc3c(C)nn(Cc4ccc(Cl)cc4Cl)c3s2)CC1. The number of benzene rings is 1. The van der Waals surface area contributed by atoms with Crippen molar-refractivity contribution in [3.05, 3.63) is 50.4 Å². The largest absolute Gasteiger partial charge is 0.469 e. The number of methoxy groups -OCH3 is 1. The molecule has 1 aliphatic heterocycles. The van der Waals surface area contributed by atoms with E-state index in [1.165, 1.54) is 18.4 Å². The van der Waals surface area contributed by atoms with Crippen LogP contribution in [0, 0.1) is 12.8 Å². The zero-order valence-corrected chi connectivity index (χ0v) is 19.0. The van der Waals surface area contributed by atoms with Crippen LogP contribution in [-0.2, 0) is 16.1 Å². The van der Waals surface area contributed by atoms with Gasteiger partial charge >= 0.3 is 5.97 Å². The quantitative estimate of drug-likeness (QED) is 0.519. The molecule has 0 aliphatic carbocycles. The van der Waals surface area contributed by atoms with Crippen molar-refractivity contribution in [2.45, 2.75) is 26.3 Å². The Bertz CT molecular complexity index is 1120. The van der Waals surface area contributed by atoms with Crippen molar-refractivity contribution in [1.82, 2.24) is 14.7 Å². The first kappa shape index (κ1) is 21.2. The van der Waals surface area contributed by atoms with E-state index in [9.17, 15) is 9.59 Å². The van der Waals surface area contributed by atoms with Crippen LogP contribution in [0.3, 0.4) is 0 Å². The second kappa shape index (κ2) is 8.57. The number of esters is 1. The second-order valence-corrected chi connectivity index (χ2v) is 9.27. The standard InChI is InChI=1S/C21H21Cl2N3O3S/c1-12-16-10-18(19(27)25-7-5-13(6-8-25)21(28)29-2)30-20(16)26(24-12)11-14-3-4-15(22)9-17(14)23/h3-4,9-10,13H,5-8,11H2,1-2H3. The van der Waals surface area contributed by atoms with Gasteiger partial charge in [0.25, 0.3) is 5.91 Å². The van der Waals surface area contributed by atoms with Crippen molar-refractivity contribution in [1.29, 1.82) is 0 Å². The van der Waals surface area contributed by atoms with E-state index in [0.29, 0.717) is 47.4 Å². The molecule has 1 fully saturated rings. The zero-order valence-electron chi connectivity index (χ0n) is 16.7. The number of halogens is 2. The van der Waals surface area contributed by atoms with Crippen LogP contribution in [0.1, 0.15) is 33.8 Å². The van der Waals surface area contributed by atoms with E-state index in [-0.39, 0.29) is 17.8 Å². The molecule has 0 spiro atoms. The van der Waals surface area contributed by atoms with Gasteiger partial charge in [0.15, 0.2) is 0 Å². The van der Waals surface area contributed by atoms with Gasteiger partial charge in [0.1, 0.15) is 4.83 Å². The zero-order chi connectivity index (χ0) is 21.4.